The van der Waals surface area contributed by atoms with Gasteiger partial charge in [-0.3, -0.25) is 9.88 Å². The lowest BCUT2D eigenvalue weighted by Crippen LogP contribution is -2.50. The second-order valence-corrected chi connectivity index (χ2v) is 12.4. The van der Waals surface area contributed by atoms with Gasteiger partial charge in [0.15, 0.2) is 0 Å². The maximum Gasteiger partial charge on any atom is 0.410 e. The molecule has 1 saturated carbocycles. The molecule has 3 aliphatic rings. The van der Waals surface area contributed by atoms with E-state index in [0.29, 0.717) is 31.2 Å². The SMILES string of the molecule is CC(C)OC(=O)N1CCN([C@H]2c3ccc(Cl)cc3C([C@@H](NC(=O)OC3(C)CC3)c3cncn3C)=Cc3cccnc32)CC1. The molecule has 3 heterocycles. The van der Waals surface area contributed by atoms with Crippen LogP contribution in [0.2, 0.25) is 5.02 Å². The smallest absolute Gasteiger partial charge is 0.410 e. The fourth-order valence-electron chi connectivity index (χ4n) is 5.84. The number of aromatic nitrogens is 3. The predicted molar refractivity (Wildman–Crippen MR) is 163 cm³/mol. The molecule has 10 nitrogen and oxygen atoms in total. The maximum absolute atomic E-state index is 13.3. The average Bonchev–Trinajstić information content (AvgIpc) is 3.58. The summed E-state index contributed by atoms with van der Waals surface area (Å²) in [5.41, 5.74) is 4.99. The van der Waals surface area contributed by atoms with Crippen molar-refractivity contribution in [3.63, 3.8) is 0 Å². The number of aryl methyl sites for hydroxylation is 1. The number of hydrogen-bond donors (Lipinski definition) is 1. The summed E-state index contributed by atoms with van der Waals surface area (Å²) in [6.07, 6.45) is 8.13. The van der Waals surface area contributed by atoms with Gasteiger partial charge < -0.3 is 24.3 Å². The molecule has 1 aliphatic heterocycles. The third kappa shape index (κ3) is 6.12. The Labute approximate surface area is 256 Å². The molecule has 1 saturated heterocycles. The second kappa shape index (κ2) is 11.7. The lowest BCUT2D eigenvalue weighted by molar-refractivity contribution is 0.0513. The van der Waals surface area contributed by atoms with E-state index in [0.717, 1.165) is 46.5 Å². The van der Waals surface area contributed by atoms with E-state index in [1.807, 2.05) is 62.7 Å². The van der Waals surface area contributed by atoms with Crippen LogP contribution in [-0.2, 0) is 16.5 Å². The minimum absolute atomic E-state index is 0.171. The molecule has 1 N–H and O–H groups in total. The fourth-order valence-corrected chi connectivity index (χ4v) is 6.02. The molecule has 3 aromatic rings. The highest BCUT2D eigenvalue weighted by Crippen LogP contribution is 2.45. The number of rotatable bonds is 6. The lowest BCUT2D eigenvalue weighted by atomic mass is 9.90. The van der Waals surface area contributed by atoms with E-state index in [2.05, 4.69) is 21.3 Å². The Kier molecular flexibility index (Phi) is 7.91. The van der Waals surface area contributed by atoms with Gasteiger partial charge in [0.05, 0.1) is 42.1 Å². The van der Waals surface area contributed by atoms with E-state index < -0.39 is 17.7 Å². The van der Waals surface area contributed by atoms with Crippen molar-refractivity contribution in [2.45, 2.75) is 57.4 Å². The minimum Gasteiger partial charge on any atom is -0.447 e. The normalized spacial score (nSPS) is 19.9. The molecule has 0 bridgehead atoms. The molecule has 226 valence electrons. The number of pyridine rings is 1. The summed E-state index contributed by atoms with van der Waals surface area (Å²) in [6, 6.07) is 9.08. The number of nitrogens with zero attached hydrogens (tertiary/aromatic N) is 5. The third-order valence-corrected chi connectivity index (χ3v) is 8.59. The number of carbonyl (C=O) groups is 2. The molecule has 2 atom stereocenters. The first-order valence-electron chi connectivity index (χ1n) is 14.7. The van der Waals surface area contributed by atoms with Crippen LogP contribution < -0.4 is 5.32 Å². The zero-order chi connectivity index (χ0) is 30.3. The first kappa shape index (κ1) is 29.2. The topological polar surface area (TPSA) is 102 Å². The number of imidazole rings is 1. The zero-order valence-corrected chi connectivity index (χ0v) is 25.7. The van der Waals surface area contributed by atoms with Crippen LogP contribution >= 0.6 is 11.6 Å². The number of fused-ring (bicyclic) bond motifs is 2. The molecule has 2 aromatic heterocycles. The van der Waals surface area contributed by atoms with Crippen LogP contribution in [0.1, 0.15) is 73.8 Å². The van der Waals surface area contributed by atoms with Crippen molar-refractivity contribution in [3.8, 4) is 0 Å². The van der Waals surface area contributed by atoms with Gasteiger partial charge in [-0.15, -0.1) is 0 Å². The van der Waals surface area contributed by atoms with Crippen molar-refractivity contribution in [2.75, 3.05) is 26.2 Å². The molecular weight excluding hydrogens is 568 g/mol. The summed E-state index contributed by atoms with van der Waals surface area (Å²) >= 11 is 6.65. The summed E-state index contributed by atoms with van der Waals surface area (Å²) in [7, 11) is 1.91. The monoisotopic (exact) mass is 604 g/mol. The molecular formula is C32H37ClN6O4. The van der Waals surface area contributed by atoms with Crippen LogP contribution in [0.25, 0.3) is 11.6 Å². The largest absolute Gasteiger partial charge is 0.447 e. The summed E-state index contributed by atoms with van der Waals surface area (Å²) in [4.78, 5) is 39.2. The second-order valence-electron chi connectivity index (χ2n) is 12.0. The van der Waals surface area contributed by atoms with Crippen molar-refractivity contribution in [1.29, 1.82) is 0 Å². The predicted octanol–water partition coefficient (Wildman–Crippen LogP) is 5.59. The fraction of sp³-hybridized carbons (Fsp3) is 0.438. The van der Waals surface area contributed by atoms with E-state index in [1.165, 1.54) is 0 Å². The first-order chi connectivity index (χ1) is 20.6. The number of halogens is 1. The number of benzene rings is 1. The quantitative estimate of drug-likeness (QED) is 0.391. The molecule has 11 heteroatoms. The van der Waals surface area contributed by atoms with Gasteiger partial charge in [-0.2, -0.15) is 0 Å². The van der Waals surface area contributed by atoms with Crippen LogP contribution in [0.15, 0.2) is 49.1 Å². The Bertz CT molecular complexity index is 1560. The van der Waals surface area contributed by atoms with Gasteiger partial charge in [0.2, 0.25) is 0 Å². The van der Waals surface area contributed by atoms with Gasteiger partial charge in [0.1, 0.15) is 5.60 Å². The molecule has 0 unspecified atom stereocenters. The molecule has 1 aromatic carbocycles. The molecule has 2 fully saturated rings. The number of nitrogens with one attached hydrogen (secondary N) is 1. The minimum atomic E-state index is -0.575. The molecule has 6 rings (SSSR count). The third-order valence-electron chi connectivity index (χ3n) is 8.35. The first-order valence-corrected chi connectivity index (χ1v) is 15.1. The summed E-state index contributed by atoms with van der Waals surface area (Å²) in [6.45, 7) is 8.01. The Morgan fingerprint density at radius 1 is 1.14 bits per heavy atom. The molecule has 43 heavy (non-hydrogen) atoms. The van der Waals surface area contributed by atoms with Gasteiger partial charge in [-0.25, -0.2) is 14.6 Å². The van der Waals surface area contributed by atoms with Crippen molar-refractivity contribution >= 4 is 35.4 Å². The van der Waals surface area contributed by atoms with Gasteiger partial charge in [-0.1, -0.05) is 23.7 Å². The standard InChI is InChI=1S/C32H37ClN6O4/c1-20(2)42-31(41)39-14-12-38(13-15-39)29-23-8-7-22(33)17-24(23)25(16-21-6-5-11-35-27(21)29)28(26-18-34-19-37(26)4)36-30(40)43-32(3)9-10-32/h5-8,11,16-20,28-29H,9-10,12-15H2,1-4H3,(H,36,40)/t28-,29+/m1/s1. The van der Waals surface area contributed by atoms with Gasteiger partial charge >= 0.3 is 12.2 Å². The molecule has 0 spiro atoms. The van der Waals surface area contributed by atoms with Crippen LogP contribution in [0, 0.1) is 0 Å². The summed E-state index contributed by atoms with van der Waals surface area (Å²) in [5, 5.41) is 3.73. The van der Waals surface area contributed by atoms with Crippen LogP contribution in [0.3, 0.4) is 0 Å². The number of alkyl carbamates (subject to hydrolysis) is 1. The molecule has 2 aliphatic carbocycles. The van der Waals surface area contributed by atoms with Gasteiger partial charge in [0, 0.05) is 44.4 Å². The maximum atomic E-state index is 13.3. The van der Waals surface area contributed by atoms with Crippen molar-refractivity contribution < 1.29 is 19.1 Å². The zero-order valence-electron chi connectivity index (χ0n) is 24.9. The van der Waals surface area contributed by atoms with E-state index >= 15 is 0 Å². The van der Waals surface area contributed by atoms with Crippen molar-refractivity contribution in [3.05, 3.63) is 82.2 Å². The van der Waals surface area contributed by atoms with Crippen LogP contribution in [0.4, 0.5) is 9.59 Å². The van der Waals surface area contributed by atoms with Crippen LogP contribution in [0.5, 0.6) is 0 Å². The van der Waals surface area contributed by atoms with E-state index in [4.69, 9.17) is 26.1 Å². The molecule has 2 amide bonds. The van der Waals surface area contributed by atoms with Crippen LogP contribution in [-0.4, -0.2) is 74.4 Å². The Balaban J connectivity index is 1.41. The van der Waals surface area contributed by atoms with Crippen molar-refractivity contribution in [1.82, 2.24) is 29.7 Å². The number of hydrogen-bond acceptors (Lipinski definition) is 7. The average molecular weight is 605 g/mol. The van der Waals surface area contributed by atoms with Crippen molar-refractivity contribution in [2.24, 2.45) is 7.05 Å². The Morgan fingerprint density at radius 3 is 2.58 bits per heavy atom. The lowest BCUT2D eigenvalue weighted by Gasteiger charge is -2.39. The summed E-state index contributed by atoms with van der Waals surface area (Å²) < 4.78 is 13.1. The van der Waals surface area contributed by atoms with E-state index in [9.17, 15) is 9.59 Å². The number of amides is 2. The van der Waals surface area contributed by atoms with E-state index in [1.54, 1.807) is 23.6 Å². The molecule has 0 radical (unpaired) electrons. The Morgan fingerprint density at radius 2 is 1.91 bits per heavy atom. The Hall–Kier alpha value is -3.89. The van der Waals surface area contributed by atoms with Gasteiger partial charge in [-0.05, 0) is 80.2 Å². The highest BCUT2D eigenvalue weighted by atomic mass is 35.5. The number of carbonyl (C=O) groups excluding carboxylic acids is 2. The highest BCUT2D eigenvalue weighted by Gasteiger charge is 2.43. The van der Waals surface area contributed by atoms with E-state index in [-0.39, 0.29) is 18.2 Å². The summed E-state index contributed by atoms with van der Waals surface area (Å²) in [5.74, 6) is 0. The highest BCUT2D eigenvalue weighted by molar-refractivity contribution is 6.30. The number of piperazine rings is 1. The van der Waals surface area contributed by atoms with Gasteiger partial charge in [0.25, 0.3) is 0 Å². The number of ether oxygens (including phenoxy) is 2.